The Labute approximate surface area is 105 Å². The summed E-state index contributed by atoms with van der Waals surface area (Å²) in [5.74, 6) is -0.0976. The van der Waals surface area contributed by atoms with E-state index < -0.39 is 0 Å². The van der Waals surface area contributed by atoms with E-state index >= 15 is 0 Å². The monoisotopic (exact) mass is 251 g/mol. The third-order valence-electron chi connectivity index (χ3n) is 2.83. The van der Waals surface area contributed by atoms with Gasteiger partial charge in [-0.25, -0.2) is 4.98 Å². The van der Waals surface area contributed by atoms with E-state index in [-0.39, 0.29) is 5.91 Å². The molecule has 1 amide bonds. The fraction of sp³-hybridized carbons (Fsp3) is 0.500. The summed E-state index contributed by atoms with van der Waals surface area (Å²) < 4.78 is 0. The second kappa shape index (κ2) is 5.93. The number of nitrogens with two attached hydrogens (primary N) is 1. The summed E-state index contributed by atoms with van der Waals surface area (Å²) in [6.45, 7) is 1.09. The average Bonchev–Trinajstić information content (AvgIpc) is 2.99. The maximum atomic E-state index is 11.7. The number of aromatic nitrogens is 1. The number of carbonyl (C=O) groups excluding carboxylic acids is 1. The number of carbonyl (C=O) groups is 1. The molecule has 92 valence electrons. The van der Waals surface area contributed by atoms with Crippen molar-refractivity contribution in [1.82, 2.24) is 10.3 Å². The molecular weight excluding hydrogens is 234 g/mol. The fourth-order valence-electron chi connectivity index (χ4n) is 1.90. The quantitative estimate of drug-likeness (QED) is 0.784. The van der Waals surface area contributed by atoms with Crippen molar-refractivity contribution in [3.63, 3.8) is 0 Å². The van der Waals surface area contributed by atoms with Gasteiger partial charge in [-0.2, -0.15) is 0 Å². The summed E-state index contributed by atoms with van der Waals surface area (Å²) in [6, 6.07) is 0. The molecule has 1 aromatic rings. The predicted molar refractivity (Wildman–Crippen MR) is 68.9 cm³/mol. The fourth-order valence-corrected chi connectivity index (χ4v) is 2.56. The lowest BCUT2D eigenvalue weighted by Gasteiger charge is -2.03. The topological polar surface area (TPSA) is 68.0 Å². The van der Waals surface area contributed by atoms with Gasteiger partial charge in [0.15, 0.2) is 0 Å². The molecule has 4 nitrogen and oxygen atoms in total. The van der Waals surface area contributed by atoms with Gasteiger partial charge in [0.2, 0.25) is 0 Å². The molecule has 0 fully saturated rings. The number of allylic oxidation sites excluding steroid dienone is 1. The van der Waals surface area contributed by atoms with Crippen LogP contribution in [0.25, 0.3) is 0 Å². The molecule has 5 heteroatoms. The van der Waals surface area contributed by atoms with Crippen LogP contribution in [0.3, 0.4) is 0 Å². The van der Waals surface area contributed by atoms with Gasteiger partial charge in [0.25, 0.3) is 5.91 Å². The Balaban J connectivity index is 1.76. The normalized spacial score (nSPS) is 14.8. The van der Waals surface area contributed by atoms with Crippen molar-refractivity contribution < 1.29 is 4.79 Å². The highest BCUT2D eigenvalue weighted by Crippen LogP contribution is 2.19. The molecule has 2 rings (SSSR count). The number of rotatable bonds is 5. The highest BCUT2D eigenvalue weighted by molar-refractivity contribution is 7.09. The zero-order valence-electron chi connectivity index (χ0n) is 9.74. The highest BCUT2D eigenvalue weighted by Gasteiger charge is 2.10. The smallest absolute Gasteiger partial charge is 0.270 e. The van der Waals surface area contributed by atoms with E-state index in [9.17, 15) is 4.79 Å². The van der Waals surface area contributed by atoms with Crippen molar-refractivity contribution in [3.05, 3.63) is 27.7 Å². The Morgan fingerprint density at radius 3 is 3.12 bits per heavy atom. The highest BCUT2D eigenvalue weighted by atomic mass is 32.1. The van der Waals surface area contributed by atoms with Gasteiger partial charge in [-0.1, -0.05) is 11.6 Å². The van der Waals surface area contributed by atoms with E-state index in [1.54, 1.807) is 5.38 Å². The molecule has 0 radical (unpaired) electrons. The van der Waals surface area contributed by atoms with Crippen molar-refractivity contribution in [2.75, 3.05) is 6.54 Å². The number of hydrogen-bond acceptors (Lipinski definition) is 4. The molecule has 0 saturated heterocycles. The first kappa shape index (κ1) is 12.3. The summed E-state index contributed by atoms with van der Waals surface area (Å²) in [5, 5.41) is 5.44. The Morgan fingerprint density at radius 1 is 1.59 bits per heavy atom. The minimum Gasteiger partial charge on any atom is -0.350 e. The van der Waals surface area contributed by atoms with Crippen LogP contribution in [0.5, 0.6) is 0 Å². The van der Waals surface area contributed by atoms with Gasteiger partial charge in [0, 0.05) is 18.5 Å². The molecule has 0 aromatic carbocycles. The van der Waals surface area contributed by atoms with E-state index in [1.807, 2.05) is 0 Å². The molecule has 3 N–H and O–H groups in total. The Morgan fingerprint density at radius 2 is 2.47 bits per heavy atom. The third kappa shape index (κ3) is 3.38. The largest absolute Gasteiger partial charge is 0.350 e. The zero-order valence-corrected chi connectivity index (χ0v) is 10.6. The van der Waals surface area contributed by atoms with Crippen LogP contribution in [-0.2, 0) is 6.54 Å². The maximum Gasteiger partial charge on any atom is 0.270 e. The lowest BCUT2D eigenvalue weighted by molar-refractivity contribution is 0.0949. The summed E-state index contributed by atoms with van der Waals surface area (Å²) in [5.41, 5.74) is 7.40. The SMILES string of the molecule is NCc1nc(C(=O)NCCC2=CCCC2)cs1. The van der Waals surface area contributed by atoms with Crippen LogP contribution >= 0.6 is 11.3 Å². The van der Waals surface area contributed by atoms with Crippen molar-refractivity contribution in [3.8, 4) is 0 Å². The first-order valence-corrected chi connectivity index (χ1v) is 6.78. The van der Waals surface area contributed by atoms with Crippen LogP contribution in [0, 0.1) is 0 Å². The van der Waals surface area contributed by atoms with Gasteiger partial charge >= 0.3 is 0 Å². The lowest BCUT2D eigenvalue weighted by atomic mass is 10.2. The molecule has 0 spiro atoms. The van der Waals surface area contributed by atoms with E-state index in [1.165, 1.54) is 36.2 Å². The molecule has 1 heterocycles. The van der Waals surface area contributed by atoms with E-state index in [0.29, 0.717) is 18.8 Å². The molecule has 0 aliphatic heterocycles. The Bertz CT molecular complexity index is 425. The zero-order chi connectivity index (χ0) is 12.1. The molecule has 0 saturated carbocycles. The van der Waals surface area contributed by atoms with Crippen LogP contribution in [0.4, 0.5) is 0 Å². The standard InChI is InChI=1S/C12H17N3OS/c13-7-11-15-10(8-17-11)12(16)14-6-5-9-3-1-2-4-9/h3,8H,1-2,4-7,13H2,(H,14,16). The summed E-state index contributed by atoms with van der Waals surface area (Å²) in [7, 11) is 0. The summed E-state index contributed by atoms with van der Waals surface area (Å²) in [6.07, 6.45) is 6.87. The number of thiazole rings is 1. The second-order valence-corrected chi connectivity index (χ2v) is 5.03. The third-order valence-corrected chi connectivity index (χ3v) is 3.70. The summed E-state index contributed by atoms with van der Waals surface area (Å²) >= 11 is 1.43. The van der Waals surface area contributed by atoms with Crippen LogP contribution < -0.4 is 11.1 Å². The molecular formula is C12H17N3OS. The van der Waals surface area contributed by atoms with Gasteiger partial charge in [-0.15, -0.1) is 11.3 Å². The predicted octanol–water partition coefficient (Wildman–Crippen LogP) is 1.83. The molecule has 1 aliphatic rings. The van der Waals surface area contributed by atoms with Gasteiger partial charge in [-0.3, -0.25) is 4.79 Å². The first-order valence-electron chi connectivity index (χ1n) is 5.90. The average molecular weight is 251 g/mol. The molecule has 17 heavy (non-hydrogen) atoms. The summed E-state index contributed by atoms with van der Waals surface area (Å²) in [4.78, 5) is 15.9. The van der Waals surface area contributed by atoms with E-state index in [2.05, 4.69) is 16.4 Å². The molecule has 0 bridgehead atoms. The maximum absolute atomic E-state index is 11.7. The van der Waals surface area contributed by atoms with Crippen LogP contribution in [-0.4, -0.2) is 17.4 Å². The van der Waals surface area contributed by atoms with Gasteiger partial charge in [-0.05, 0) is 25.7 Å². The number of amides is 1. The molecule has 0 atom stereocenters. The van der Waals surface area contributed by atoms with Crippen molar-refractivity contribution in [1.29, 1.82) is 0 Å². The Hall–Kier alpha value is -1.20. The molecule has 1 aliphatic carbocycles. The van der Waals surface area contributed by atoms with Crippen LogP contribution in [0.15, 0.2) is 17.0 Å². The molecule has 0 unspecified atom stereocenters. The van der Waals surface area contributed by atoms with Gasteiger partial charge in [0.05, 0.1) is 0 Å². The number of nitrogens with one attached hydrogen (secondary N) is 1. The van der Waals surface area contributed by atoms with Crippen molar-refractivity contribution in [2.24, 2.45) is 5.73 Å². The second-order valence-electron chi connectivity index (χ2n) is 4.09. The molecule has 1 aromatic heterocycles. The van der Waals surface area contributed by atoms with E-state index in [4.69, 9.17) is 5.73 Å². The van der Waals surface area contributed by atoms with Crippen LogP contribution in [0.1, 0.15) is 41.2 Å². The van der Waals surface area contributed by atoms with Gasteiger partial charge in [0.1, 0.15) is 10.7 Å². The Kier molecular flexibility index (Phi) is 4.28. The van der Waals surface area contributed by atoms with Gasteiger partial charge < -0.3 is 11.1 Å². The van der Waals surface area contributed by atoms with Crippen molar-refractivity contribution >= 4 is 17.2 Å². The number of nitrogens with zero attached hydrogens (tertiary/aromatic N) is 1. The minimum absolute atomic E-state index is 0.0976. The van der Waals surface area contributed by atoms with Crippen LogP contribution in [0.2, 0.25) is 0 Å². The van der Waals surface area contributed by atoms with E-state index in [0.717, 1.165) is 11.4 Å². The minimum atomic E-state index is -0.0976. The van der Waals surface area contributed by atoms with Crippen molar-refractivity contribution in [2.45, 2.75) is 32.2 Å². The lowest BCUT2D eigenvalue weighted by Crippen LogP contribution is -2.25. The first-order chi connectivity index (χ1) is 8.29. The number of hydrogen-bond donors (Lipinski definition) is 2.